The predicted molar refractivity (Wildman–Crippen MR) is 54.6 cm³/mol. The molecule has 1 heterocycles. The summed E-state index contributed by atoms with van der Waals surface area (Å²) in [5, 5.41) is -0.0653. The lowest BCUT2D eigenvalue weighted by atomic mass is 10.1. The van der Waals surface area contributed by atoms with E-state index >= 15 is 0 Å². The Morgan fingerprint density at radius 3 is 2.56 bits per heavy atom. The van der Waals surface area contributed by atoms with Crippen LogP contribution in [-0.2, 0) is 0 Å². The lowest BCUT2D eigenvalue weighted by molar-refractivity contribution is 0.511. The van der Waals surface area contributed by atoms with Gasteiger partial charge in [-0.05, 0) is 18.2 Å². The number of pyridine rings is 1. The van der Waals surface area contributed by atoms with Crippen molar-refractivity contribution in [2.45, 2.75) is 0 Å². The molecule has 16 heavy (non-hydrogen) atoms. The Morgan fingerprint density at radius 1 is 1.12 bits per heavy atom. The fraction of sp³-hybridized carbons (Fsp3) is 0. The van der Waals surface area contributed by atoms with Gasteiger partial charge in [-0.25, -0.2) is 13.2 Å². The minimum absolute atomic E-state index is 0.0140. The Labute approximate surface area is 94.5 Å². The first-order chi connectivity index (χ1) is 7.59. The van der Waals surface area contributed by atoms with Gasteiger partial charge in [-0.15, -0.1) is 0 Å². The minimum Gasteiger partial charge on any atom is -0.252 e. The van der Waals surface area contributed by atoms with Crippen LogP contribution in [0, 0.1) is 17.5 Å². The molecule has 0 N–H and O–H groups in total. The first-order valence-corrected chi connectivity index (χ1v) is 4.73. The highest BCUT2D eigenvalue weighted by Gasteiger charge is 2.14. The summed E-state index contributed by atoms with van der Waals surface area (Å²) in [4.78, 5) is 3.64. The molecule has 82 valence electrons. The topological polar surface area (TPSA) is 12.9 Å². The number of benzene rings is 1. The third kappa shape index (κ3) is 1.88. The second-order valence-corrected chi connectivity index (χ2v) is 3.49. The van der Waals surface area contributed by atoms with Crippen LogP contribution in [0.15, 0.2) is 30.5 Å². The van der Waals surface area contributed by atoms with E-state index in [1.165, 1.54) is 12.1 Å². The summed E-state index contributed by atoms with van der Waals surface area (Å²) in [7, 11) is 0. The minimum atomic E-state index is -1.05. The molecule has 0 aliphatic heterocycles. The molecule has 0 radical (unpaired) electrons. The van der Waals surface area contributed by atoms with Crippen LogP contribution in [0.1, 0.15) is 0 Å². The van der Waals surface area contributed by atoms with Crippen LogP contribution < -0.4 is 0 Å². The fourth-order valence-electron chi connectivity index (χ4n) is 1.30. The number of hydrogen-bond acceptors (Lipinski definition) is 1. The number of hydrogen-bond donors (Lipinski definition) is 0. The van der Waals surface area contributed by atoms with Gasteiger partial charge >= 0.3 is 0 Å². The Hall–Kier alpha value is -1.55. The van der Waals surface area contributed by atoms with Crippen LogP contribution >= 0.6 is 11.6 Å². The van der Waals surface area contributed by atoms with E-state index in [0.29, 0.717) is 0 Å². The van der Waals surface area contributed by atoms with Gasteiger partial charge in [0.15, 0.2) is 11.6 Å². The second kappa shape index (κ2) is 4.14. The van der Waals surface area contributed by atoms with Gasteiger partial charge in [0.05, 0.1) is 16.9 Å². The third-order valence-electron chi connectivity index (χ3n) is 2.01. The van der Waals surface area contributed by atoms with Crippen molar-refractivity contribution in [2.24, 2.45) is 0 Å². The van der Waals surface area contributed by atoms with E-state index in [1.807, 2.05) is 0 Å². The SMILES string of the molecule is Fc1cnc(-c2cccc(F)c2F)c(Cl)c1. The summed E-state index contributed by atoms with van der Waals surface area (Å²) < 4.78 is 39.1. The van der Waals surface area contributed by atoms with Crippen LogP contribution in [0.5, 0.6) is 0 Å². The Morgan fingerprint density at radius 2 is 1.88 bits per heavy atom. The lowest BCUT2D eigenvalue weighted by Gasteiger charge is -2.05. The molecule has 0 saturated carbocycles. The molecule has 0 bridgehead atoms. The van der Waals surface area contributed by atoms with E-state index in [0.717, 1.165) is 18.3 Å². The molecule has 0 atom stereocenters. The number of rotatable bonds is 1. The van der Waals surface area contributed by atoms with E-state index in [9.17, 15) is 13.2 Å². The van der Waals surface area contributed by atoms with E-state index in [-0.39, 0.29) is 16.3 Å². The van der Waals surface area contributed by atoms with Gasteiger partial charge in [0.2, 0.25) is 0 Å². The monoisotopic (exact) mass is 243 g/mol. The van der Waals surface area contributed by atoms with Gasteiger partial charge in [-0.1, -0.05) is 17.7 Å². The molecule has 1 aromatic carbocycles. The normalized spacial score (nSPS) is 10.5. The molecule has 2 aromatic rings. The molecule has 1 nitrogen and oxygen atoms in total. The molecule has 5 heteroatoms. The average Bonchev–Trinajstić information content (AvgIpc) is 2.23. The number of halogens is 4. The van der Waals surface area contributed by atoms with Crippen molar-refractivity contribution in [2.75, 3.05) is 0 Å². The van der Waals surface area contributed by atoms with Crippen LogP contribution in [0.3, 0.4) is 0 Å². The summed E-state index contributed by atoms with van der Waals surface area (Å²) in [6, 6.07) is 4.63. The lowest BCUT2D eigenvalue weighted by Crippen LogP contribution is -1.93. The summed E-state index contributed by atoms with van der Waals surface area (Å²) >= 11 is 5.70. The Kier molecular flexibility index (Phi) is 2.83. The van der Waals surface area contributed by atoms with Crippen molar-refractivity contribution in [3.63, 3.8) is 0 Å². The second-order valence-electron chi connectivity index (χ2n) is 3.09. The molecule has 0 saturated heterocycles. The van der Waals surface area contributed by atoms with E-state index in [1.54, 1.807) is 0 Å². The smallest absolute Gasteiger partial charge is 0.168 e. The third-order valence-corrected chi connectivity index (χ3v) is 2.30. The van der Waals surface area contributed by atoms with Crippen molar-refractivity contribution >= 4 is 11.6 Å². The van der Waals surface area contributed by atoms with Crippen molar-refractivity contribution < 1.29 is 13.2 Å². The molecular weight excluding hydrogens is 239 g/mol. The van der Waals surface area contributed by atoms with Gasteiger partial charge < -0.3 is 0 Å². The van der Waals surface area contributed by atoms with E-state index in [2.05, 4.69) is 4.98 Å². The Bertz CT molecular complexity index is 543. The van der Waals surface area contributed by atoms with E-state index in [4.69, 9.17) is 11.6 Å². The first-order valence-electron chi connectivity index (χ1n) is 4.35. The number of nitrogens with zero attached hydrogens (tertiary/aromatic N) is 1. The number of aromatic nitrogens is 1. The molecule has 0 aliphatic carbocycles. The van der Waals surface area contributed by atoms with Gasteiger partial charge in [-0.2, -0.15) is 0 Å². The molecule has 0 fully saturated rings. The highest BCUT2D eigenvalue weighted by atomic mass is 35.5. The van der Waals surface area contributed by atoms with Gasteiger partial charge in [0, 0.05) is 5.56 Å². The zero-order chi connectivity index (χ0) is 11.7. The standard InChI is InChI=1S/C11H5ClF3N/c12-8-4-6(13)5-16-11(8)7-2-1-3-9(14)10(7)15/h1-5H. The summed E-state index contributed by atoms with van der Waals surface area (Å²) in [5.74, 6) is -2.69. The average molecular weight is 244 g/mol. The first kappa shape index (κ1) is 11.0. The largest absolute Gasteiger partial charge is 0.252 e. The Balaban J connectivity index is 2.63. The van der Waals surface area contributed by atoms with Crippen molar-refractivity contribution in [1.82, 2.24) is 4.98 Å². The quantitative estimate of drug-likeness (QED) is 0.742. The highest BCUT2D eigenvalue weighted by Crippen LogP contribution is 2.28. The highest BCUT2D eigenvalue weighted by molar-refractivity contribution is 6.33. The maximum absolute atomic E-state index is 13.4. The molecule has 1 aromatic heterocycles. The van der Waals surface area contributed by atoms with E-state index < -0.39 is 17.5 Å². The summed E-state index contributed by atoms with van der Waals surface area (Å²) in [6.45, 7) is 0. The van der Waals surface area contributed by atoms with Crippen LogP contribution in [-0.4, -0.2) is 4.98 Å². The molecule has 2 rings (SSSR count). The van der Waals surface area contributed by atoms with Gasteiger partial charge in [-0.3, -0.25) is 4.98 Å². The van der Waals surface area contributed by atoms with Crippen molar-refractivity contribution in [3.8, 4) is 11.3 Å². The molecule has 0 spiro atoms. The molecule has 0 amide bonds. The van der Waals surface area contributed by atoms with Gasteiger partial charge in [0.1, 0.15) is 5.82 Å². The molecule has 0 aliphatic rings. The van der Waals surface area contributed by atoms with Crippen molar-refractivity contribution in [3.05, 3.63) is 52.9 Å². The van der Waals surface area contributed by atoms with Gasteiger partial charge in [0.25, 0.3) is 0 Å². The summed E-state index contributed by atoms with van der Waals surface area (Å²) in [5.41, 5.74) is -0.0786. The fourth-order valence-corrected chi connectivity index (χ4v) is 1.55. The maximum atomic E-state index is 13.4. The summed E-state index contributed by atoms with van der Waals surface area (Å²) in [6.07, 6.45) is 0.894. The zero-order valence-corrected chi connectivity index (χ0v) is 8.60. The van der Waals surface area contributed by atoms with Crippen molar-refractivity contribution in [1.29, 1.82) is 0 Å². The predicted octanol–water partition coefficient (Wildman–Crippen LogP) is 3.82. The van der Waals surface area contributed by atoms with Crippen LogP contribution in [0.2, 0.25) is 5.02 Å². The molecular formula is C11H5ClF3N. The zero-order valence-electron chi connectivity index (χ0n) is 7.85. The molecule has 0 unspecified atom stereocenters. The van der Waals surface area contributed by atoms with Crippen LogP contribution in [0.4, 0.5) is 13.2 Å². The maximum Gasteiger partial charge on any atom is 0.168 e. The van der Waals surface area contributed by atoms with Crippen LogP contribution in [0.25, 0.3) is 11.3 Å².